The number of ether oxygens (including phenoxy) is 1. The number of allylic oxidation sites excluding steroid dienone is 1. The van der Waals surface area contributed by atoms with Crippen LogP contribution < -0.4 is 15.4 Å². The molecule has 0 spiro atoms. The van der Waals surface area contributed by atoms with Crippen LogP contribution >= 0.6 is 0 Å². The fraction of sp³-hybridized carbons (Fsp3) is 0.541. The molecule has 3 amide bonds. The lowest BCUT2D eigenvalue weighted by Crippen LogP contribution is -2.57. The molecule has 0 aromatic heterocycles. The zero-order chi connectivity index (χ0) is 31.3. The summed E-state index contributed by atoms with van der Waals surface area (Å²) in [5.74, 6) is 1.69. The lowest BCUT2D eigenvalue weighted by atomic mass is 9.94. The first-order valence-electron chi connectivity index (χ1n) is 16.9. The zero-order valence-electron chi connectivity index (χ0n) is 26.8. The van der Waals surface area contributed by atoms with Crippen molar-refractivity contribution in [3.05, 3.63) is 77.4 Å². The van der Waals surface area contributed by atoms with E-state index in [9.17, 15) is 14.4 Å². The molecule has 2 aromatic rings. The minimum atomic E-state index is -0.686. The van der Waals surface area contributed by atoms with Crippen LogP contribution in [0.25, 0.3) is 0 Å². The van der Waals surface area contributed by atoms with Crippen LogP contribution in [0.4, 0.5) is 0 Å². The smallest absolute Gasteiger partial charge is 0.243 e. The number of nitrogens with one attached hydrogen (secondary N) is 2. The summed E-state index contributed by atoms with van der Waals surface area (Å²) in [4.78, 5) is 45.7. The molecule has 6 rings (SSSR count). The minimum Gasteiger partial charge on any atom is -0.494 e. The van der Waals surface area contributed by atoms with Gasteiger partial charge in [-0.15, -0.1) is 0 Å². The highest BCUT2D eigenvalue weighted by Crippen LogP contribution is 2.39. The van der Waals surface area contributed by atoms with Gasteiger partial charge in [-0.25, -0.2) is 0 Å². The number of nitrogens with zero attached hydrogens (tertiary/aromatic N) is 2. The highest BCUT2D eigenvalue weighted by atomic mass is 16.5. The molecule has 4 unspecified atom stereocenters. The van der Waals surface area contributed by atoms with E-state index in [1.807, 2.05) is 60.4 Å². The third-order valence-corrected chi connectivity index (χ3v) is 10.5. The molecule has 4 aliphatic rings. The van der Waals surface area contributed by atoms with Crippen molar-refractivity contribution in [1.82, 2.24) is 20.4 Å². The lowest BCUT2D eigenvalue weighted by molar-refractivity contribution is -0.144. The van der Waals surface area contributed by atoms with Gasteiger partial charge in [0.2, 0.25) is 17.7 Å². The van der Waals surface area contributed by atoms with Crippen molar-refractivity contribution in [3.8, 4) is 5.75 Å². The fourth-order valence-corrected chi connectivity index (χ4v) is 7.70. The molecular formula is C37H48N4O4. The molecule has 2 aliphatic heterocycles. The van der Waals surface area contributed by atoms with E-state index in [0.717, 1.165) is 54.5 Å². The van der Waals surface area contributed by atoms with Gasteiger partial charge in [0.15, 0.2) is 0 Å². The van der Waals surface area contributed by atoms with Gasteiger partial charge >= 0.3 is 0 Å². The molecule has 2 aromatic carbocycles. The Bertz CT molecular complexity index is 1390. The molecule has 45 heavy (non-hydrogen) atoms. The Labute approximate surface area is 267 Å². The Balaban J connectivity index is 1.28. The van der Waals surface area contributed by atoms with E-state index in [0.29, 0.717) is 56.8 Å². The van der Waals surface area contributed by atoms with Crippen molar-refractivity contribution < 1.29 is 19.1 Å². The number of hydrogen-bond donors (Lipinski definition) is 2. The molecule has 2 N–H and O–H groups in total. The van der Waals surface area contributed by atoms with E-state index in [1.165, 1.54) is 0 Å². The maximum Gasteiger partial charge on any atom is 0.243 e. The van der Waals surface area contributed by atoms with Crippen molar-refractivity contribution >= 4 is 17.7 Å². The standard InChI is InChI=1S/C37H48N4O4/c1-25-10-14-31-21-30(25)23-38-36(43)34(15-12-26-7-4-3-5-8-26)40(2)37(44)33(39-32-20-28-11-13-29(32)19-28)22-35(42)41-17-6-9-27(24-41)16-18-45-31/h3-5,7-8,10-11,13-14,21,27-29,32-34,39H,6,9,12,15-20,22-24H2,1-2H3,(H,38,43)/t27?,28?,29?,32?,33-,34-/m0/s1. The molecule has 2 aliphatic carbocycles. The minimum absolute atomic E-state index is 0.00754. The van der Waals surface area contributed by atoms with E-state index in [1.54, 1.807) is 11.9 Å². The first-order valence-corrected chi connectivity index (χ1v) is 16.9. The van der Waals surface area contributed by atoms with Crippen LogP contribution in [0.3, 0.4) is 0 Å². The highest BCUT2D eigenvalue weighted by molar-refractivity contribution is 5.92. The van der Waals surface area contributed by atoms with Crippen LogP contribution in [0.1, 0.15) is 61.6 Å². The Morgan fingerprint density at radius 2 is 1.87 bits per heavy atom. The predicted molar refractivity (Wildman–Crippen MR) is 174 cm³/mol. The van der Waals surface area contributed by atoms with Gasteiger partial charge in [-0.2, -0.15) is 0 Å². The number of benzene rings is 2. The quantitative estimate of drug-likeness (QED) is 0.489. The summed E-state index contributed by atoms with van der Waals surface area (Å²) < 4.78 is 6.16. The predicted octanol–water partition coefficient (Wildman–Crippen LogP) is 4.41. The summed E-state index contributed by atoms with van der Waals surface area (Å²) in [6.45, 7) is 4.37. The molecule has 6 atom stereocenters. The van der Waals surface area contributed by atoms with Crippen molar-refractivity contribution in [3.63, 3.8) is 0 Å². The maximum atomic E-state index is 14.4. The molecule has 0 radical (unpaired) electrons. The van der Waals surface area contributed by atoms with Crippen LogP contribution in [0, 0.1) is 24.7 Å². The third kappa shape index (κ3) is 7.60. The van der Waals surface area contributed by atoms with E-state index in [2.05, 4.69) is 22.8 Å². The summed E-state index contributed by atoms with van der Waals surface area (Å²) in [6, 6.07) is 14.9. The molecule has 6 bridgehead atoms. The maximum absolute atomic E-state index is 14.4. The SMILES string of the molecule is Cc1ccc2cc1CNC(=O)[C@H](CCc1ccccc1)N(C)C(=O)[C@@H](NC1CC3C=CC1C3)CC(=O)N1CCCC(CCO2)C1. The number of piperidine rings is 1. The average molecular weight is 613 g/mol. The molecule has 2 heterocycles. The molecule has 8 nitrogen and oxygen atoms in total. The monoisotopic (exact) mass is 612 g/mol. The van der Waals surface area contributed by atoms with Crippen LogP contribution in [0.5, 0.6) is 5.75 Å². The number of hydrogen-bond acceptors (Lipinski definition) is 5. The van der Waals surface area contributed by atoms with Gasteiger partial charge in [-0.05, 0) is 98.4 Å². The summed E-state index contributed by atoms with van der Waals surface area (Å²) >= 11 is 0. The summed E-state index contributed by atoms with van der Waals surface area (Å²) in [7, 11) is 1.73. The van der Waals surface area contributed by atoms with Gasteiger partial charge in [0, 0.05) is 32.7 Å². The van der Waals surface area contributed by atoms with Gasteiger partial charge in [0.05, 0.1) is 19.1 Å². The van der Waals surface area contributed by atoms with E-state index in [4.69, 9.17) is 4.74 Å². The zero-order valence-corrected chi connectivity index (χ0v) is 26.8. The molecular weight excluding hydrogens is 564 g/mol. The number of carbonyl (C=O) groups excluding carboxylic acids is 3. The van der Waals surface area contributed by atoms with Crippen LogP contribution in [-0.2, 0) is 27.3 Å². The molecule has 1 saturated heterocycles. The molecule has 1 saturated carbocycles. The lowest BCUT2D eigenvalue weighted by Gasteiger charge is -2.36. The van der Waals surface area contributed by atoms with Crippen molar-refractivity contribution in [2.24, 2.45) is 17.8 Å². The fourth-order valence-electron chi connectivity index (χ4n) is 7.70. The number of fused-ring (bicyclic) bond motifs is 6. The first kappa shape index (κ1) is 31.3. The van der Waals surface area contributed by atoms with Gasteiger partial charge in [-0.3, -0.25) is 14.4 Å². The van der Waals surface area contributed by atoms with Crippen LogP contribution in [0.15, 0.2) is 60.7 Å². The Morgan fingerprint density at radius 3 is 2.64 bits per heavy atom. The van der Waals surface area contributed by atoms with Crippen molar-refractivity contribution in [2.75, 3.05) is 26.7 Å². The average Bonchev–Trinajstić information content (AvgIpc) is 3.68. The number of aryl methyl sites for hydroxylation is 2. The van der Waals surface area contributed by atoms with Crippen molar-refractivity contribution in [2.45, 2.75) is 83.0 Å². The molecule has 240 valence electrons. The Morgan fingerprint density at radius 1 is 1.02 bits per heavy atom. The summed E-state index contributed by atoms with van der Waals surface area (Å²) in [5.41, 5.74) is 3.19. The van der Waals surface area contributed by atoms with Crippen molar-refractivity contribution in [1.29, 1.82) is 0 Å². The second kappa shape index (κ2) is 14.2. The van der Waals surface area contributed by atoms with Gasteiger partial charge in [-0.1, -0.05) is 48.6 Å². The highest BCUT2D eigenvalue weighted by Gasteiger charge is 2.40. The summed E-state index contributed by atoms with van der Waals surface area (Å²) in [5, 5.41) is 6.77. The van der Waals surface area contributed by atoms with E-state index < -0.39 is 12.1 Å². The van der Waals surface area contributed by atoms with Gasteiger partial charge in [0.25, 0.3) is 0 Å². The Kier molecular flexibility index (Phi) is 9.88. The van der Waals surface area contributed by atoms with E-state index in [-0.39, 0.29) is 30.2 Å². The van der Waals surface area contributed by atoms with E-state index >= 15 is 0 Å². The normalized spacial score (nSPS) is 29.2. The molecule has 8 heteroatoms. The van der Waals surface area contributed by atoms with Gasteiger partial charge in [0.1, 0.15) is 11.8 Å². The number of likely N-dealkylation sites (N-methyl/N-ethyl adjacent to an activating group) is 1. The molecule has 2 fully saturated rings. The number of amides is 3. The topological polar surface area (TPSA) is 91.0 Å². The summed E-state index contributed by atoms with van der Waals surface area (Å²) in [6.07, 6.45) is 10.7. The second-order valence-electron chi connectivity index (χ2n) is 13.6. The first-order chi connectivity index (χ1) is 21.8. The second-order valence-corrected chi connectivity index (χ2v) is 13.6. The van der Waals surface area contributed by atoms with Crippen LogP contribution in [0.2, 0.25) is 0 Å². The largest absolute Gasteiger partial charge is 0.494 e. The van der Waals surface area contributed by atoms with Crippen LogP contribution in [-0.4, -0.2) is 72.4 Å². The third-order valence-electron chi connectivity index (χ3n) is 10.5. The number of carbonyl (C=O) groups is 3. The number of rotatable bonds is 5. The Hall–Kier alpha value is -3.65. The van der Waals surface area contributed by atoms with Gasteiger partial charge < -0.3 is 25.2 Å².